The summed E-state index contributed by atoms with van der Waals surface area (Å²) in [5, 5.41) is 20.2. The minimum atomic E-state index is -1.30. The molecule has 116 valence electrons. The molecule has 23 heavy (non-hydrogen) atoms. The van der Waals surface area contributed by atoms with E-state index in [9.17, 15) is 9.90 Å². The number of fused-ring (bicyclic) bond motifs is 1. The molecule has 0 aliphatic heterocycles. The average Bonchev–Trinajstić information content (AvgIpc) is 2.99. The molecule has 3 rings (SSSR count). The van der Waals surface area contributed by atoms with Crippen molar-refractivity contribution in [1.82, 2.24) is 4.98 Å². The van der Waals surface area contributed by atoms with Crippen LogP contribution in [0.2, 0.25) is 0 Å². The van der Waals surface area contributed by atoms with E-state index in [1.165, 1.54) is 0 Å². The summed E-state index contributed by atoms with van der Waals surface area (Å²) in [5.41, 5.74) is 3.33. The van der Waals surface area contributed by atoms with Gasteiger partial charge in [-0.2, -0.15) is 0 Å². The molecule has 4 nitrogen and oxygen atoms in total. The molecule has 0 spiro atoms. The first kappa shape index (κ1) is 14.9. The molecule has 0 aliphatic rings. The van der Waals surface area contributed by atoms with Crippen molar-refractivity contribution >= 4 is 22.4 Å². The van der Waals surface area contributed by atoms with Crippen molar-refractivity contribution in [2.75, 3.05) is 0 Å². The fourth-order valence-electron chi connectivity index (χ4n) is 2.77. The van der Waals surface area contributed by atoms with Crippen LogP contribution in [0.15, 0.2) is 66.6 Å². The highest BCUT2D eigenvalue weighted by Crippen LogP contribution is 2.26. The van der Waals surface area contributed by atoms with Gasteiger partial charge in [-0.15, -0.1) is 0 Å². The van der Waals surface area contributed by atoms with Crippen molar-refractivity contribution in [3.63, 3.8) is 0 Å². The Bertz CT molecular complexity index is 862. The average molecular weight is 307 g/mol. The summed E-state index contributed by atoms with van der Waals surface area (Å²) < 4.78 is 0. The van der Waals surface area contributed by atoms with Crippen LogP contribution in [0.3, 0.4) is 0 Å². The molecular formula is C19H17NO3. The Hall–Kier alpha value is -3.01. The molecule has 0 amide bonds. The molecule has 3 N–H and O–H groups in total. The number of aliphatic carboxylic acids is 1. The number of aromatic nitrogens is 1. The second-order valence-electron chi connectivity index (χ2n) is 5.36. The minimum Gasteiger partial charge on any atom is -0.502 e. The lowest BCUT2D eigenvalue weighted by Crippen LogP contribution is -2.04. The molecule has 0 saturated carbocycles. The Morgan fingerprint density at radius 3 is 2.39 bits per heavy atom. The Morgan fingerprint density at radius 1 is 0.957 bits per heavy atom. The van der Waals surface area contributed by atoms with Crippen LogP contribution in [-0.2, 0) is 11.2 Å². The highest BCUT2D eigenvalue weighted by Gasteiger charge is 2.15. The van der Waals surface area contributed by atoms with Crippen LogP contribution in [0, 0.1) is 0 Å². The number of aryl methyl sites for hydroxylation is 1. The maximum Gasteiger partial charge on any atom is 0.371 e. The summed E-state index contributed by atoms with van der Waals surface area (Å²) in [6.07, 6.45) is 3.03. The number of carboxylic acids is 1. The zero-order chi connectivity index (χ0) is 16.2. The molecule has 0 saturated heterocycles. The Morgan fingerprint density at radius 2 is 1.65 bits per heavy atom. The van der Waals surface area contributed by atoms with Crippen molar-refractivity contribution in [1.29, 1.82) is 0 Å². The molecule has 1 aromatic heterocycles. The monoisotopic (exact) mass is 307 g/mol. The quantitative estimate of drug-likeness (QED) is 0.489. The molecule has 0 bridgehead atoms. The number of aliphatic hydroxyl groups excluding tert-OH is 1. The maximum absolute atomic E-state index is 11.2. The summed E-state index contributed by atoms with van der Waals surface area (Å²) in [5.74, 6) is -1.89. The number of hydrogen-bond acceptors (Lipinski definition) is 2. The molecule has 0 atom stereocenters. The number of aliphatic hydroxyl groups is 1. The first-order chi connectivity index (χ1) is 11.2. The lowest BCUT2D eigenvalue weighted by molar-refractivity contribution is -0.135. The lowest BCUT2D eigenvalue weighted by Gasteiger charge is -2.09. The van der Waals surface area contributed by atoms with Gasteiger partial charge in [-0.05, 0) is 30.0 Å². The molecule has 1 heterocycles. The molecule has 0 unspecified atom stereocenters. The van der Waals surface area contributed by atoms with E-state index in [-0.39, 0.29) is 0 Å². The smallest absolute Gasteiger partial charge is 0.371 e. The van der Waals surface area contributed by atoms with E-state index in [2.05, 4.69) is 4.98 Å². The number of benzene rings is 2. The third-order valence-corrected chi connectivity index (χ3v) is 3.93. The first-order valence-electron chi connectivity index (χ1n) is 7.42. The zero-order valence-electron chi connectivity index (χ0n) is 12.5. The number of carboxylic acid groups (broad SMARTS) is 1. The number of nitrogens with one attached hydrogen (secondary N) is 1. The van der Waals surface area contributed by atoms with Crippen LogP contribution < -0.4 is 0 Å². The van der Waals surface area contributed by atoms with Crippen LogP contribution in [-0.4, -0.2) is 21.2 Å². The SMILES string of the molecule is O=C(O)/C(O)=C(/CCc1c[nH]c2ccccc12)c1ccccc1. The third kappa shape index (κ3) is 3.11. The van der Waals surface area contributed by atoms with Crippen LogP contribution in [0.4, 0.5) is 0 Å². The van der Waals surface area contributed by atoms with Crippen LogP contribution in [0.1, 0.15) is 17.5 Å². The van der Waals surface area contributed by atoms with Gasteiger partial charge in [0.15, 0.2) is 0 Å². The minimum absolute atomic E-state index is 0.448. The Balaban J connectivity index is 1.91. The second kappa shape index (κ2) is 6.40. The van der Waals surface area contributed by atoms with E-state index < -0.39 is 11.7 Å². The number of hydrogen-bond donors (Lipinski definition) is 3. The van der Waals surface area contributed by atoms with E-state index in [1.54, 1.807) is 0 Å². The number of H-pyrrole nitrogens is 1. The van der Waals surface area contributed by atoms with Crippen molar-refractivity contribution in [2.45, 2.75) is 12.8 Å². The van der Waals surface area contributed by atoms with Gasteiger partial charge in [0.2, 0.25) is 5.76 Å². The van der Waals surface area contributed by atoms with Crippen molar-refractivity contribution in [2.24, 2.45) is 0 Å². The second-order valence-corrected chi connectivity index (χ2v) is 5.36. The number of allylic oxidation sites excluding steroid dienone is 1. The largest absolute Gasteiger partial charge is 0.502 e. The van der Waals surface area contributed by atoms with Gasteiger partial charge in [-0.25, -0.2) is 4.79 Å². The predicted octanol–water partition coefficient (Wildman–Crippen LogP) is 4.15. The van der Waals surface area contributed by atoms with Crippen molar-refractivity contribution < 1.29 is 15.0 Å². The van der Waals surface area contributed by atoms with Gasteiger partial charge in [0.05, 0.1) is 0 Å². The summed E-state index contributed by atoms with van der Waals surface area (Å²) >= 11 is 0. The van der Waals surface area contributed by atoms with Crippen LogP contribution in [0.25, 0.3) is 16.5 Å². The van der Waals surface area contributed by atoms with Crippen LogP contribution in [0.5, 0.6) is 0 Å². The number of rotatable bonds is 5. The molecular weight excluding hydrogens is 290 g/mol. The topological polar surface area (TPSA) is 73.3 Å². The summed E-state index contributed by atoms with van der Waals surface area (Å²) in [4.78, 5) is 14.4. The molecule has 0 fully saturated rings. The van der Waals surface area contributed by atoms with Gasteiger partial charge in [-0.3, -0.25) is 0 Å². The first-order valence-corrected chi connectivity index (χ1v) is 7.42. The fourth-order valence-corrected chi connectivity index (χ4v) is 2.77. The molecule has 4 heteroatoms. The van der Waals surface area contributed by atoms with Gasteiger partial charge >= 0.3 is 5.97 Å². The highest BCUT2D eigenvalue weighted by atomic mass is 16.4. The number of aromatic amines is 1. The maximum atomic E-state index is 11.2. The Labute approximate surface area is 133 Å². The molecule has 3 aromatic rings. The number of carbonyl (C=O) groups is 1. The molecule has 0 radical (unpaired) electrons. The van der Waals surface area contributed by atoms with Crippen molar-refractivity contribution in [3.8, 4) is 0 Å². The third-order valence-electron chi connectivity index (χ3n) is 3.93. The summed E-state index contributed by atoms with van der Waals surface area (Å²) in [7, 11) is 0. The van der Waals surface area contributed by atoms with Crippen LogP contribution >= 0.6 is 0 Å². The van der Waals surface area contributed by atoms with E-state index >= 15 is 0 Å². The Kier molecular flexibility index (Phi) is 4.15. The van der Waals surface area contributed by atoms with Gasteiger partial charge in [-0.1, -0.05) is 48.5 Å². The van der Waals surface area contributed by atoms with Gasteiger partial charge in [0.25, 0.3) is 0 Å². The van der Waals surface area contributed by atoms with Crippen molar-refractivity contribution in [3.05, 3.63) is 77.7 Å². The van der Waals surface area contributed by atoms with Gasteiger partial charge < -0.3 is 15.2 Å². The summed E-state index contributed by atoms with van der Waals surface area (Å²) in [6.45, 7) is 0. The standard InChI is InChI=1S/C19H17NO3/c21-18(19(22)23)16(13-6-2-1-3-7-13)11-10-14-12-20-17-9-5-4-8-15(14)17/h1-9,12,20-21H,10-11H2,(H,22,23)/b18-16+. The van der Waals surface area contributed by atoms with E-state index in [4.69, 9.17) is 5.11 Å². The molecule has 0 aliphatic carbocycles. The fraction of sp³-hybridized carbons (Fsp3) is 0.105. The highest BCUT2D eigenvalue weighted by molar-refractivity contribution is 5.94. The lowest BCUT2D eigenvalue weighted by atomic mass is 9.97. The summed E-state index contributed by atoms with van der Waals surface area (Å²) in [6, 6.07) is 17.1. The predicted molar refractivity (Wildman–Crippen MR) is 90.2 cm³/mol. The van der Waals surface area contributed by atoms with E-state index in [1.807, 2.05) is 60.8 Å². The molecule has 2 aromatic carbocycles. The normalized spacial score (nSPS) is 12.2. The van der Waals surface area contributed by atoms with E-state index in [0.29, 0.717) is 18.4 Å². The van der Waals surface area contributed by atoms with Gasteiger partial charge in [0.1, 0.15) is 0 Å². The van der Waals surface area contributed by atoms with E-state index in [0.717, 1.165) is 22.0 Å². The number of para-hydroxylation sites is 1. The van der Waals surface area contributed by atoms with Gasteiger partial charge in [0, 0.05) is 22.7 Å². The zero-order valence-corrected chi connectivity index (χ0v) is 12.5.